The second-order valence-electron chi connectivity index (χ2n) is 11.9. The third-order valence-electron chi connectivity index (χ3n) is 9.04. The molecule has 0 bridgehead atoms. The average molecular weight is 633 g/mol. The minimum atomic E-state index is -0.532. The van der Waals surface area contributed by atoms with Crippen molar-refractivity contribution in [3.8, 4) is 45.3 Å². The standard InChI is InChI=1S/C45H27N3O/c1-2-12-31(13-3-1)43-46-44(34-23-21-30-20-19-29-11-6-7-15-35(29)39(30)27-34)48-45(47-43)38-25-24-36(33-22-18-28-10-4-5-14-32(28)26-33)42-41(38)37-16-8-9-17-40(37)49-42/h1-27H/i1D,2D,3D,8D,12D,13D,25D. The van der Waals surface area contributed by atoms with Gasteiger partial charge < -0.3 is 4.42 Å². The van der Waals surface area contributed by atoms with Gasteiger partial charge in [0, 0.05) is 33.0 Å². The molecule has 0 saturated heterocycles. The normalized spacial score (nSPS) is 13.7. The van der Waals surface area contributed by atoms with Crippen molar-refractivity contribution in [2.24, 2.45) is 0 Å². The van der Waals surface area contributed by atoms with E-state index in [9.17, 15) is 1.37 Å². The Balaban J connectivity index is 1.30. The van der Waals surface area contributed by atoms with Crippen molar-refractivity contribution in [3.63, 3.8) is 0 Å². The lowest BCUT2D eigenvalue weighted by atomic mass is 9.96. The summed E-state index contributed by atoms with van der Waals surface area (Å²) in [6.45, 7) is 0. The summed E-state index contributed by atoms with van der Waals surface area (Å²) in [6.07, 6.45) is 0. The highest BCUT2D eigenvalue weighted by molar-refractivity contribution is 6.16. The van der Waals surface area contributed by atoms with Gasteiger partial charge in [-0.15, -0.1) is 0 Å². The summed E-state index contributed by atoms with van der Waals surface area (Å²) >= 11 is 0. The largest absolute Gasteiger partial charge is 0.455 e. The molecule has 10 rings (SSSR count). The fourth-order valence-corrected chi connectivity index (χ4v) is 6.68. The molecule has 0 aliphatic carbocycles. The lowest BCUT2D eigenvalue weighted by Gasteiger charge is -2.12. The minimum Gasteiger partial charge on any atom is -0.455 e. The van der Waals surface area contributed by atoms with Crippen molar-refractivity contribution in [2.45, 2.75) is 0 Å². The van der Waals surface area contributed by atoms with Crippen LogP contribution in [-0.4, -0.2) is 15.0 Å². The van der Waals surface area contributed by atoms with Crippen LogP contribution < -0.4 is 0 Å². The van der Waals surface area contributed by atoms with E-state index in [2.05, 4.69) is 6.07 Å². The van der Waals surface area contributed by atoms with E-state index >= 15 is 0 Å². The summed E-state index contributed by atoms with van der Waals surface area (Å²) in [7, 11) is 0. The van der Waals surface area contributed by atoms with Gasteiger partial charge in [-0.05, 0) is 68.2 Å². The van der Waals surface area contributed by atoms with Gasteiger partial charge >= 0.3 is 0 Å². The number of aromatic nitrogens is 3. The molecule has 0 fully saturated rings. The molecule has 0 saturated carbocycles. The van der Waals surface area contributed by atoms with Gasteiger partial charge in [0.05, 0.1) is 9.60 Å². The third kappa shape index (κ3) is 4.57. The fourth-order valence-electron chi connectivity index (χ4n) is 6.68. The number of rotatable bonds is 4. The molecule has 0 atom stereocenters. The summed E-state index contributed by atoms with van der Waals surface area (Å²) in [4.78, 5) is 14.6. The van der Waals surface area contributed by atoms with Gasteiger partial charge in [-0.2, -0.15) is 0 Å². The van der Waals surface area contributed by atoms with Gasteiger partial charge in [0.15, 0.2) is 17.5 Å². The Morgan fingerprint density at radius 2 is 1.12 bits per heavy atom. The molecule has 0 spiro atoms. The van der Waals surface area contributed by atoms with Crippen LogP contribution >= 0.6 is 0 Å². The molecular weight excluding hydrogens is 599 g/mol. The maximum atomic E-state index is 9.59. The maximum Gasteiger partial charge on any atom is 0.164 e. The Labute approximate surface area is 291 Å². The molecule has 4 nitrogen and oxygen atoms in total. The first-order valence-electron chi connectivity index (χ1n) is 19.4. The summed E-state index contributed by atoms with van der Waals surface area (Å²) < 4.78 is 67.4. The van der Waals surface area contributed by atoms with E-state index in [-0.39, 0.29) is 40.7 Å². The van der Waals surface area contributed by atoms with E-state index < -0.39 is 30.2 Å². The molecule has 2 heterocycles. The molecule has 0 aliphatic rings. The van der Waals surface area contributed by atoms with E-state index in [0.29, 0.717) is 33.1 Å². The van der Waals surface area contributed by atoms with E-state index in [1.54, 1.807) is 24.3 Å². The summed E-state index contributed by atoms with van der Waals surface area (Å²) in [5.74, 6) is 0.0971. The fraction of sp³-hybridized carbons (Fsp3) is 0. The Bertz CT molecular complexity index is 3280. The lowest BCUT2D eigenvalue weighted by Crippen LogP contribution is -2.00. The zero-order chi connectivity index (χ0) is 38.4. The quantitative estimate of drug-likeness (QED) is 0.181. The van der Waals surface area contributed by atoms with Crippen molar-refractivity contribution in [2.75, 3.05) is 0 Å². The first-order valence-corrected chi connectivity index (χ1v) is 15.9. The summed E-state index contributed by atoms with van der Waals surface area (Å²) in [6, 6.07) is 36.6. The van der Waals surface area contributed by atoms with E-state index in [4.69, 9.17) is 27.6 Å². The van der Waals surface area contributed by atoms with Gasteiger partial charge in [-0.1, -0.05) is 133 Å². The number of hydrogen-bond acceptors (Lipinski definition) is 4. The highest BCUT2D eigenvalue weighted by Gasteiger charge is 2.21. The molecule has 0 radical (unpaired) electrons. The third-order valence-corrected chi connectivity index (χ3v) is 9.04. The molecule has 49 heavy (non-hydrogen) atoms. The number of nitrogens with zero attached hydrogens (tertiary/aromatic N) is 3. The molecule has 228 valence electrons. The molecule has 0 aliphatic heterocycles. The average Bonchev–Trinajstić information content (AvgIpc) is 3.59. The van der Waals surface area contributed by atoms with E-state index in [1.807, 2.05) is 91.0 Å². The maximum absolute atomic E-state index is 9.59. The Morgan fingerprint density at radius 1 is 0.429 bits per heavy atom. The van der Waals surface area contributed by atoms with Crippen molar-refractivity contribution in [3.05, 3.63) is 164 Å². The van der Waals surface area contributed by atoms with E-state index in [1.165, 1.54) is 0 Å². The molecule has 4 heteroatoms. The first-order chi connectivity index (χ1) is 27.1. The Hall–Kier alpha value is -6.65. The molecule has 0 amide bonds. The van der Waals surface area contributed by atoms with Gasteiger partial charge in [0.2, 0.25) is 0 Å². The number of benzene rings is 8. The topological polar surface area (TPSA) is 51.8 Å². The molecule has 2 aromatic heterocycles. The smallest absolute Gasteiger partial charge is 0.164 e. The van der Waals surface area contributed by atoms with Crippen LogP contribution in [0.1, 0.15) is 9.60 Å². The van der Waals surface area contributed by atoms with Gasteiger partial charge in [0.25, 0.3) is 0 Å². The van der Waals surface area contributed by atoms with Gasteiger partial charge in [-0.3, -0.25) is 0 Å². The van der Waals surface area contributed by atoms with Crippen molar-refractivity contribution in [1.82, 2.24) is 15.0 Å². The van der Waals surface area contributed by atoms with E-state index in [0.717, 1.165) is 37.9 Å². The Kier molecular flexibility index (Phi) is 4.76. The zero-order valence-corrected chi connectivity index (χ0v) is 25.8. The number of furan rings is 1. The zero-order valence-electron chi connectivity index (χ0n) is 32.8. The molecule has 0 unspecified atom stereocenters. The van der Waals surface area contributed by atoms with Crippen molar-refractivity contribution < 1.29 is 14.0 Å². The lowest BCUT2D eigenvalue weighted by molar-refractivity contribution is 0.670. The molecule has 0 N–H and O–H groups in total. The predicted octanol–water partition coefficient (Wildman–Crippen LogP) is 11.9. The predicted molar refractivity (Wildman–Crippen MR) is 201 cm³/mol. The van der Waals surface area contributed by atoms with Crippen LogP contribution in [0, 0.1) is 0 Å². The Morgan fingerprint density at radius 3 is 2.00 bits per heavy atom. The van der Waals surface area contributed by atoms with Crippen LogP contribution in [-0.2, 0) is 0 Å². The van der Waals surface area contributed by atoms with Gasteiger partial charge in [-0.25, -0.2) is 15.0 Å². The summed E-state index contributed by atoms with van der Waals surface area (Å²) in [5.41, 5.74) is 3.18. The van der Waals surface area contributed by atoms with Crippen molar-refractivity contribution >= 4 is 54.3 Å². The van der Waals surface area contributed by atoms with Gasteiger partial charge in [0.1, 0.15) is 11.2 Å². The minimum absolute atomic E-state index is 0.0490. The summed E-state index contributed by atoms with van der Waals surface area (Å²) in [5, 5.41) is 7.23. The van der Waals surface area contributed by atoms with Crippen LogP contribution in [0.25, 0.3) is 99.5 Å². The van der Waals surface area contributed by atoms with Crippen LogP contribution in [0.2, 0.25) is 0 Å². The van der Waals surface area contributed by atoms with Crippen LogP contribution in [0.15, 0.2) is 168 Å². The SMILES string of the molecule is [2H]c1ccc2oc3c(-c4ccc5ccccc5c4)cc([2H])c(-c4nc(-c5ccc6ccc7ccccc7c6c5)nc(-c5c([2H])c([2H])c([2H])c([2H])c5[2H])n4)c3c2c1. The molecule has 10 aromatic rings. The second-order valence-corrected chi connectivity index (χ2v) is 11.9. The van der Waals surface area contributed by atoms with Crippen LogP contribution in [0.4, 0.5) is 0 Å². The highest BCUT2D eigenvalue weighted by Crippen LogP contribution is 2.42. The number of hydrogen-bond donors (Lipinski definition) is 0. The number of para-hydroxylation sites is 1. The molecule has 8 aromatic carbocycles. The molecular formula is C45H27N3O. The van der Waals surface area contributed by atoms with Crippen LogP contribution in [0.3, 0.4) is 0 Å². The van der Waals surface area contributed by atoms with Crippen LogP contribution in [0.5, 0.6) is 0 Å². The second kappa shape index (κ2) is 11.0. The first kappa shape index (κ1) is 21.3. The highest BCUT2D eigenvalue weighted by atomic mass is 16.3. The van der Waals surface area contributed by atoms with Crippen molar-refractivity contribution in [1.29, 1.82) is 0 Å². The number of fused-ring (bicyclic) bond motifs is 7. The monoisotopic (exact) mass is 632 g/mol.